The van der Waals surface area contributed by atoms with E-state index in [1.54, 1.807) is 21.6 Å². The number of carbonyl (C=O) groups is 1. The fourth-order valence-electron chi connectivity index (χ4n) is 1.53. The Balaban J connectivity index is 2.40. The number of rotatable bonds is 8. The van der Waals surface area contributed by atoms with Crippen LogP contribution in [0.25, 0.3) is 0 Å². The molecule has 0 fully saturated rings. The Morgan fingerprint density at radius 2 is 1.94 bits per heavy atom. The molecule has 0 amide bonds. The first-order valence-corrected chi connectivity index (χ1v) is 8.58. The molecule has 1 N–H and O–H groups in total. The van der Waals surface area contributed by atoms with Crippen LogP contribution in [0.3, 0.4) is 0 Å². The third-order valence-corrected chi connectivity index (χ3v) is 4.80. The van der Waals surface area contributed by atoms with Crippen LogP contribution in [0.15, 0.2) is 35.2 Å². The molecule has 0 spiro atoms. The van der Waals surface area contributed by atoms with Gasteiger partial charge in [0.05, 0.1) is 6.04 Å². The van der Waals surface area contributed by atoms with Crippen LogP contribution in [0.4, 0.5) is 0 Å². The zero-order valence-electron chi connectivity index (χ0n) is 11.2. The molecular weight excluding hydrogens is 262 g/mol. The SMILES string of the molecule is CCC(=O)C(CSSc1ccccc1)NC(C)C. The molecule has 1 aromatic carbocycles. The maximum Gasteiger partial charge on any atom is 0.150 e. The lowest BCUT2D eigenvalue weighted by molar-refractivity contribution is -0.120. The summed E-state index contributed by atoms with van der Waals surface area (Å²) >= 11 is 0. The molecule has 2 nitrogen and oxygen atoms in total. The molecular formula is C14H21NOS2. The Morgan fingerprint density at radius 1 is 1.28 bits per heavy atom. The van der Waals surface area contributed by atoms with Gasteiger partial charge in [0.2, 0.25) is 0 Å². The molecule has 1 unspecified atom stereocenters. The summed E-state index contributed by atoms with van der Waals surface area (Å²) in [5.41, 5.74) is 0. The van der Waals surface area contributed by atoms with Gasteiger partial charge in [-0.1, -0.05) is 60.6 Å². The van der Waals surface area contributed by atoms with Crippen LogP contribution in [-0.2, 0) is 4.79 Å². The van der Waals surface area contributed by atoms with Gasteiger partial charge in [0.25, 0.3) is 0 Å². The van der Waals surface area contributed by atoms with Crippen LogP contribution < -0.4 is 5.32 Å². The second-order valence-electron chi connectivity index (χ2n) is 4.37. The van der Waals surface area contributed by atoms with Crippen LogP contribution >= 0.6 is 21.6 Å². The fraction of sp³-hybridized carbons (Fsp3) is 0.500. The van der Waals surface area contributed by atoms with E-state index < -0.39 is 0 Å². The van der Waals surface area contributed by atoms with Gasteiger partial charge in [0.1, 0.15) is 5.78 Å². The summed E-state index contributed by atoms with van der Waals surface area (Å²) < 4.78 is 0. The van der Waals surface area contributed by atoms with Crippen molar-refractivity contribution < 1.29 is 4.79 Å². The largest absolute Gasteiger partial charge is 0.305 e. The first kappa shape index (κ1) is 15.6. The van der Waals surface area contributed by atoms with Crippen molar-refractivity contribution in [3.63, 3.8) is 0 Å². The fourth-order valence-corrected chi connectivity index (χ4v) is 3.77. The maximum absolute atomic E-state index is 11.8. The van der Waals surface area contributed by atoms with E-state index in [1.165, 1.54) is 4.90 Å². The van der Waals surface area contributed by atoms with Crippen LogP contribution in [0.2, 0.25) is 0 Å². The van der Waals surface area contributed by atoms with Crippen molar-refractivity contribution in [2.24, 2.45) is 0 Å². The number of ketones is 1. The van der Waals surface area contributed by atoms with Gasteiger partial charge < -0.3 is 5.32 Å². The summed E-state index contributed by atoms with van der Waals surface area (Å²) in [6.45, 7) is 6.07. The molecule has 0 heterocycles. The first-order chi connectivity index (χ1) is 8.63. The third kappa shape index (κ3) is 5.94. The van der Waals surface area contributed by atoms with Crippen molar-refractivity contribution in [2.45, 2.75) is 44.2 Å². The molecule has 0 aliphatic carbocycles. The average Bonchev–Trinajstić information content (AvgIpc) is 2.37. The van der Waals surface area contributed by atoms with E-state index in [2.05, 4.69) is 31.3 Å². The van der Waals surface area contributed by atoms with E-state index in [-0.39, 0.29) is 6.04 Å². The summed E-state index contributed by atoms with van der Waals surface area (Å²) in [4.78, 5) is 13.0. The van der Waals surface area contributed by atoms with Crippen molar-refractivity contribution in [3.8, 4) is 0 Å². The molecule has 0 aliphatic rings. The zero-order chi connectivity index (χ0) is 13.4. The average molecular weight is 283 g/mol. The zero-order valence-corrected chi connectivity index (χ0v) is 12.8. The summed E-state index contributed by atoms with van der Waals surface area (Å²) in [5.74, 6) is 1.11. The van der Waals surface area contributed by atoms with Gasteiger partial charge in [0.15, 0.2) is 0 Å². The third-order valence-electron chi connectivity index (χ3n) is 2.40. The van der Waals surface area contributed by atoms with Crippen molar-refractivity contribution in [1.82, 2.24) is 5.32 Å². The lowest BCUT2D eigenvalue weighted by Gasteiger charge is -2.19. The normalized spacial score (nSPS) is 12.7. The van der Waals surface area contributed by atoms with Crippen LogP contribution in [0, 0.1) is 0 Å². The highest BCUT2D eigenvalue weighted by Crippen LogP contribution is 2.31. The molecule has 18 heavy (non-hydrogen) atoms. The van der Waals surface area contributed by atoms with Crippen molar-refractivity contribution in [2.75, 3.05) is 5.75 Å². The highest BCUT2D eigenvalue weighted by Gasteiger charge is 2.17. The highest BCUT2D eigenvalue weighted by molar-refractivity contribution is 8.76. The van der Waals surface area contributed by atoms with E-state index in [9.17, 15) is 4.79 Å². The molecule has 100 valence electrons. The van der Waals surface area contributed by atoms with E-state index >= 15 is 0 Å². The minimum atomic E-state index is -0.0313. The van der Waals surface area contributed by atoms with Crippen LogP contribution in [0.5, 0.6) is 0 Å². The lowest BCUT2D eigenvalue weighted by atomic mass is 10.1. The predicted molar refractivity (Wildman–Crippen MR) is 82.1 cm³/mol. The van der Waals surface area contributed by atoms with Gasteiger partial charge in [-0.25, -0.2) is 0 Å². The van der Waals surface area contributed by atoms with Crippen molar-refractivity contribution in [3.05, 3.63) is 30.3 Å². The molecule has 4 heteroatoms. The standard InChI is InChI=1S/C14H21NOS2/c1-4-14(16)13(15-11(2)3)10-17-18-12-8-6-5-7-9-12/h5-9,11,13,15H,4,10H2,1-3H3. The molecule has 0 radical (unpaired) electrons. The summed E-state index contributed by atoms with van der Waals surface area (Å²) in [7, 11) is 3.46. The minimum absolute atomic E-state index is 0.0313. The van der Waals surface area contributed by atoms with Crippen LogP contribution in [0.1, 0.15) is 27.2 Å². The molecule has 1 atom stereocenters. The van der Waals surface area contributed by atoms with Crippen LogP contribution in [-0.4, -0.2) is 23.6 Å². The number of hydrogen-bond acceptors (Lipinski definition) is 4. The Labute approximate surface area is 118 Å². The Morgan fingerprint density at radius 3 is 2.50 bits per heavy atom. The van der Waals surface area contributed by atoms with Crippen molar-refractivity contribution in [1.29, 1.82) is 0 Å². The summed E-state index contributed by atoms with van der Waals surface area (Å²) in [5, 5.41) is 3.33. The number of benzene rings is 1. The van der Waals surface area contributed by atoms with E-state index in [1.807, 2.05) is 25.1 Å². The van der Waals surface area contributed by atoms with E-state index in [0.717, 1.165) is 5.75 Å². The second-order valence-corrected chi connectivity index (χ2v) is 6.79. The summed E-state index contributed by atoms with van der Waals surface area (Å²) in [6, 6.07) is 10.6. The van der Waals surface area contributed by atoms with Crippen molar-refractivity contribution >= 4 is 27.4 Å². The molecule has 0 aromatic heterocycles. The second kappa shape index (κ2) is 8.62. The number of carbonyl (C=O) groups excluding carboxylic acids is 1. The predicted octanol–water partition coefficient (Wildman–Crippen LogP) is 3.77. The van der Waals surface area contributed by atoms with Gasteiger partial charge in [-0.05, 0) is 12.1 Å². The number of hydrogen-bond donors (Lipinski definition) is 1. The number of nitrogens with one attached hydrogen (secondary N) is 1. The molecule has 0 aliphatic heterocycles. The van der Waals surface area contributed by atoms with Gasteiger partial charge >= 0.3 is 0 Å². The quantitative estimate of drug-likeness (QED) is 0.735. The lowest BCUT2D eigenvalue weighted by Crippen LogP contribution is -2.42. The van der Waals surface area contributed by atoms with Gasteiger partial charge in [-0.2, -0.15) is 0 Å². The number of Topliss-reactive ketones (excluding diaryl/α,β-unsaturated/α-hetero) is 1. The molecule has 1 rings (SSSR count). The molecule has 0 bridgehead atoms. The van der Waals surface area contributed by atoms with Gasteiger partial charge in [0, 0.05) is 23.1 Å². The van der Waals surface area contributed by atoms with Gasteiger partial charge in [-0.15, -0.1) is 0 Å². The Bertz CT molecular complexity index is 354. The first-order valence-electron chi connectivity index (χ1n) is 6.26. The molecule has 0 saturated carbocycles. The van der Waals surface area contributed by atoms with E-state index in [0.29, 0.717) is 18.2 Å². The topological polar surface area (TPSA) is 29.1 Å². The highest BCUT2D eigenvalue weighted by atomic mass is 33.1. The van der Waals surface area contributed by atoms with Gasteiger partial charge in [-0.3, -0.25) is 4.79 Å². The monoisotopic (exact) mass is 283 g/mol. The molecule has 0 saturated heterocycles. The Hall–Kier alpha value is -0.450. The smallest absolute Gasteiger partial charge is 0.150 e. The minimum Gasteiger partial charge on any atom is -0.305 e. The molecule has 1 aromatic rings. The maximum atomic E-state index is 11.8. The summed E-state index contributed by atoms with van der Waals surface area (Å²) in [6.07, 6.45) is 0.598. The van der Waals surface area contributed by atoms with E-state index in [4.69, 9.17) is 0 Å². The Kier molecular flexibility index (Phi) is 7.47.